The fraction of sp³-hybridized carbons (Fsp3) is 0.208. The van der Waals surface area contributed by atoms with Crippen LogP contribution >= 0.6 is 0 Å². The van der Waals surface area contributed by atoms with Gasteiger partial charge in [0, 0.05) is 0 Å². The zero-order valence-electron chi connectivity index (χ0n) is 18.9. The van der Waals surface area contributed by atoms with Crippen molar-refractivity contribution in [3.05, 3.63) is 86.5 Å². The third kappa shape index (κ3) is 4.94. The van der Waals surface area contributed by atoms with Crippen LogP contribution in [0.5, 0.6) is 5.75 Å². The van der Waals surface area contributed by atoms with E-state index in [-0.39, 0.29) is 36.5 Å². The number of carboxylic acids is 1. The Morgan fingerprint density at radius 2 is 1.89 bits per heavy atom. The maximum Gasteiger partial charge on any atom is 0.416 e. The molecule has 10 nitrogen and oxygen atoms in total. The normalized spacial score (nSPS) is 12.6. The maximum absolute atomic E-state index is 13.4. The Balaban J connectivity index is 1.81. The molecule has 0 fully saturated rings. The molecule has 0 aliphatic carbocycles. The van der Waals surface area contributed by atoms with Crippen molar-refractivity contribution in [2.75, 3.05) is 11.4 Å². The van der Waals surface area contributed by atoms with E-state index in [1.54, 1.807) is 23.2 Å². The van der Waals surface area contributed by atoms with Gasteiger partial charge in [0.2, 0.25) is 0 Å². The standard InChI is InChI=1S/C24H18F3N5O5/c25-24(26,27)15-5-3-13(4-6-15)10-32-17-12-31(21-14(8-28)2-1-7-29-21)11-16(17)20(35)19(23(32)37)22(36)30-9-18(33)34/h1-7,35H,9-12H2,(H,30,36)(H,33,34). The van der Waals surface area contributed by atoms with E-state index >= 15 is 0 Å². The number of carboxylic acid groups (broad SMARTS) is 1. The number of nitriles is 1. The third-order valence-corrected chi connectivity index (χ3v) is 5.86. The summed E-state index contributed by atoms with van der Waals surface area (Å²) in [6.45, 7) is -1.15. The van der Waals surface area contributed by atoms with Gasteiger partial charge in [-0.25, -0.2) is 4.98 Å². The predicted molar refractivity (Wildman–Crippen MR) is 118 cm³/mol. The smallest absolute Gasteiger partial charge is 0.416 e. The van der Waals surface area contributed by atoms with E-state index in [0.717, 1.165) is 16.7 Å². The molecule has 13 heteroatoms. The number of rotatable bonds is 6. The third-order valence-electron chi connectivity index (χ3n) is 5.86. The molecule has 0 atom stereocenters. The lowest BCUT2D eigenvalue weighted by atomic mass is 10.1. The Morgan fingerprint density at radius 3 is 2.51 bits per heavy atom. The molecule has 4 rings (SSSR count). The molecule has 0 radical (unpaired) electrons. The Kier molecular flexibility index (Phi) is 6.58. The number of anilines is 1. The number of halogens is 3. The predicted octanol–water partition coefficient (Wildman–Crippen LogP) is 0.307. The monoisotopic (exact) mass is 513 g/mol. The van der Waals surface area contributed by atoms with Crippen LogP contribution in [0.1, 0.15) is 38.3 Å². The van der Waals surface area contributed by atoms with E-state index in [1.165, 1.54) is 12.1 Å². The van der Waals surface area contributed by atoms with Gasteiger partial charge in [-0.15, -0.1) is 0 Å². The molecule has 0 saturated carbocycles. The van der Waals surface area contributed by atoms with Crippen LogP contribution in [0.3, 0.4) is 0 Å². The van der Waals surface area contributed by atoms with Crippen LogP contribution in [0.2, 0.25) is 0 Å². The van der Waals surface area contributed by atoms with Crippen LogP contribution in [-0.4, -0.2) is 28.1 Å². The van der Waals surface area contributed by atoms with E-state index < -0.39 is 47.0 Å². The first-order valence-corrected chi connectivity index (χ1v) is 10.8. The fourth-order valence-electron chi connectivity index (χ4n) is 4.12. The summed E-state index contributed by atoms with van der Waals surface area (Å²) in [5.74, 6) is -3.04. The van der Waals surface area contributed by atoms with Gasteiger partial charge in [0.05, 0.1) is 42.1 Å². The number of hydrogen-bond acceptors (Lipinski definition) is 7. The van der Waals surface area contributed by atoms with Gasteiger partial charge in [-0.1, -0.05) is 12.1 Å². The number of nitrogens with one attached hydrogen (secondary N) is 2. The fourth-order valence-corrected chi connectivity index (χ4v) is 4.12. The summed E-state index contributed by atoms with van der Waals surface area (Å²) in [6, 6.07) is 9.31. The molecular weight excluding hydrogens is 495 g/mol. The first-order chi connectivity index (χ1) is 17.5. The zero-order chi connectivity index (χ0) is 26.9. The number of alkyl halides is 3. The number of aromatic amines is 1. The maximum atomic E-state index is 13.4. The van der Waals surface area contributed by atoms with E-state index in [2.05, 4.69) is 4.98 Å². The number of benzene rings is 1. The Bertz CT molecular complexity index is 1490. The highest BCUT2D eigenvalue weighted by atomic mass is 19.4. The number of carbonyl (C=O) groups excluding carboxylic acids is 2. The molecule has 0 spiro atoms. The number of H-pyrrole nitrogens is 1. The summed E-state index contributed by atoms with van der Waals surface area (Å²) >= 11 is 0. The molecule has 3 aromatic rings. The lowest BCUT2D eigenvalue weighted by Crippen LogP contribution is -2.41. The molecule has 3 N–H and O–H groups in total. The summed E-state index contributed by atoms with van der Waals surface area (Å²) in [7, 11) is 0. The minimum atomic E-state index is -4.55. The molecule has 1 aromatic carbocycles. The SMILES string of the molecule is N#Cc1ccc[nH+]c1N1Cc2c(O)c(C(=O)NCC(=O)[O-])c(=O)n(Cc3ccc(C(F)(F)F)cc3)c2C1. The molecule has 3 heterocycles. The van der Waals surface area contributed by atoms with Crippen LogP contribution in [0.4, 0.5) is 19.0 Å². The summed E-state index contributed by atoms with van der Waals surface area (Å²) in [5.41, 5.74) is -1.52. The highest BCUT2D eigenvalue weighted by molar-refractivity contribution is 5.98. The second-order valence-corrected chi connectivity index (χ2v) is 8.19. The zero-order valence-corrected chi connectivity index (χ0v) is 18.9. The van der Waals surface area contributed by atoms with Crippen LogP contribution in [0.15, 0.2) is 47.4 Å². The Morgan fingerprint density at radius 1 is 1.19 bits per heavy atom. The Labute approximate surface area is 206 Å². The number of nitrogens with zero attached hydrogens (tertiary/aromatic N) is 3. The largest absolute Gasteiger partial charge is 0.548 e. The van der Waals surface area contributed by atoms with Crippen LogP contribution in [0.25, 0.3) is 0 Å². The van der Waals surface area contributed by atoms with Crippen molar-refractivity contribution in [1.29, 1.82) is 5.26 Å². The first kappa shape index (κ1) is 25.2. The number of aromatic hydroxyl groups is 1. The number of pyridine rings is 2. The second-order valence-electron chi connectivity index (χ2n) is 8.19. The summed E-state index contributed by atoms with van der Waals surface area (Å²) in [6.07, 6.45) is -2.97. The Hall–Kier alpha value is -4.86. The van der Waals surface area contributed by atoms with Crippen LogP contribution in [-0.2, 0) is 30.6 Å². The van der Waals surface area contributed by atoms with Crippen molar-refractivity contribution in [3.8, 4) is 11.8 Å². The van der Waals surface area contributed by atoms with Crippen molar-refractivity contribution in [2.45, 2.75) is 25.8 Å². The second kappa shape index (κ2) is 9.65. The van der Waals surface area contributed by atoms with E-state index in [1.807, 2.05) is 11.4 Å². The highest BCUT2D eigenvalue weighted by Gasteiger charge is 2.37. The van der Waals surface area contributed by atoms with Crippen molar-refractivity contribution in [2.24, 2.45) is 0 Å². The van der Waals surface area contributed by atoms with Gasteiger partial charge in [-0.3, -0.25) is 14.5 Å². The molecule has 1 aliphatic heterocycles. The average Bonchev–Trinajstić information content (AvgIpc) is 3.30. The number of aliphatic carboxylic acids is 1. The number of hydrogen-bond donors (Lipinski definition) is 2. The molecule has 1 aliphatic rings. The van der Waals surface area contributed by atoms with Gasteiger partial charge in [0.1, 0.15) is 36.0 Å². The van der Waals surface area contributed by atoms with Gasteiger partial charge in [0.15, 0.2) is 0 Å². The van der Waals surface area contributed by atoms with Gasteiger partial charge in [-0.2, -0.15) is 18.4 Å². The van der Waals surface area contributed by atoms with Crippen molar-refractivity contribution in [1.82, 2.24) is 9.88 Å². The van der Waals surface area contributed by atoms with E-state index in [0.29, 0.717) is 11.4 Å². The topological polar surface area (TPSA) is 153 Å². The van der Waals surface area contributed by atoms with Crippen molar-refractivity contribution >= 4 is 17.7 Å². The summed E-state index contributed by atoms with van der Waals surface area (Å²) in [5, 5.41) is 33.1. The minimum Gasteiger partial charge on any atom is -0.548 e. The quantitative estimate of drug-likeness (QED) is 0.481. The number of fused-ring (bicyclic) bond motifs is 1. The molecular formula is C24H18F3N5O5. The van der Waals surface area contributed by atoms with E-state index in [9.17, 15) is 43.0 Å². The summed E-state index contributed by atoms with van der Waals surface area (Å²) < 4.78 is 40.0. The number of aromatic nitrogens is 2. The lowest BCUT2D eigenvalue weighted by Gasteiger charge is -2.16. The molecule has 0 saturated heterocycles. The van der Waals surface area contributed by atoms with Gasteiger partial charge < -0.3 is 24.9 Å². The van der Waals surface area contributed by atoms with Gasteiger partial charge >= 0.3 is 6.18 Å². The van der Waals surface area contributed by atoms with E-state index in [4.69, 9.17) is 0 Å². The van der Waals surface area contributed by atoms with Crippen LogP contribution < -0.4 is 25.9 Å². The highest BCUT2D eigenvalue weighted by Crippen LogP contribution is 2.34. The summed E-state index contributed by atoms with van der Waals surface area (Å²) in [4.78, 5) is 41.3. The van der Waals surface area contributed by atoms with Crippen LogP contribution in [0, 0.1) is 11.3 Å². The van der Waals surface area contributed by atoms with Crippen molar-refractivity contribution in [3.63, 3.8) is 0 Å². The molecule has 0 unspecified atom stereocenters. The first-order valence-electron chi connectivity index (χ1n) is 10.8. The number of carbonyl (C=O) groups is 2. The minimum absolute atomic E-state index is 0.0227. The average molecular weight is 513 g/mol. The lowest BCUT2D eigenvalue weighted by molar-refractivity contribution is -0.364. The molecule has 0 bridgehead atoms. The van der Waals surface area contributed by atoms with Gasteiger partial charge in [-0.05, 0) is 29.8 Å². The number of amides is 1. The molecule has 37 heavy (non-hydrogen) atoms. The molecule has 2 aromatic heterocycles. The van der Waals surface area contributed by atoms with Gasteiger partial charge in [0.25, 0.3) is 17.3 Å². The molecule has 190 valence electrons. The van der Waals surface area contributed by atoms with Crippen molar-refractivity contribution < 1.29 is 38.0 Å². The molecule has 1 amide bonds.